The molecule has 96 valence electrons. The first-order valence-corrected chi connectivity index (χ1v) is 4.23. The van der Waals surface area contributed by atoms with Crippen LogP contribution in [0.1, 0.15) is 11.6 Å². The molecule has 0 saturated carbocycles. The zero-order chi connectivity index (χ0) is 13.4. The summed E-state index contributed by atoms with van der Waals surface area (Å²) >= 11 is 0. The van der Waals surface area contributed by atoms with E-state index in [-0.39, 0.29) is 6.07 Å². The molecule has 1 rings (SSSR count). The van der Waals surface area contributed by atoms with Gasteiger partial charge in [-0.25, -0.2) is 8.78 Å². The van der Waals surface area contributed by atoms with Crippen LogP contribution < -0.4 is 10.5 Å². The van der Waals surface area contributed by atoms with Crippen LogP contribution in [-0.4, -0.2) is 13.3 Å². The molecule has 0 aliphatic rings. The summed E-state index contributed by atoms with van der Waals surface area (Å²) in [6, 6.07) is -2.70. The monoisotopic (exact) mass is 259 g/mol. The van der Waals surface area contributed by atoms with Gasteiger partial charge in [0.1, 0.15) is 6.04 Å². The Labute approximate surface area is 92.0 Å². The van der Waals surface area contributed by atoms with Gasteiger partial charge >= 0.3 is 6.18 Å². The maximum atomic E-state index is 13.4. The molecule has 0 aliphatic heterocycles. The summed E-state index contributed by atoms with van der Waals surface area (Å²) < 4.78 is 80.1. The molecule has 0 saturated heterocycles. The lowest BCUT2D eigenvalue weighted by molar-refractivity contribution is -0.149. The van der Waals surface area contributed by atoms with Gasteiger partial charge in [-0.3, -0.25) is 0 Å². The molecule has 0 spiro atoms. The van der Waals surface area contributed by atoms with E-state index in [1.54, 1.807) is 0 Å². The molecule has 1 aromatic rings. The highest BCUT2D eigenvalue weighted by Crippen LogP contribution is 2.36. The van der Waals surface area contributed by atoms with Crippen molar-refractivity contribution in [3.63, 3.8) is 0 Å². The number of ether oxygens (including phenoxy) is 1. The van der Waals surface area contributed by atoms with E-state index < -0.39 is 41.0 Å². The fourth-order valence-electron chi connectivity index (χ4n) is 1.18. The molecule has 2 nitrogen and oxygen atoms in total. The Hall–Kier alpha value is -1.44. The minimum atomic E-state index is -4.98. The number of halogens is 6. The topological polar surface area (TPSA) is 35.2 Å². The van der Waals surface area contributed by atoms with Gasteiger partial charge in [0.15, 0.2) is 17.4 Å². The van der Waals surface area contributed by atoms with Crippen LogP contribution in [0.4, 0.5) is 26.3 Å². The lowest BCUT2D eigenvalue weighted by Gasteiger charge is -2.18. The van der Waals surface area contributed by atoms with Gasteiger partial charge in [0, 0.05) is 5.56 Å². The molecular formula is C9H7F6NO. The number of alkyl halides is 3. The predicted molar refractivity (Wildman–Crippen MR) is 45.9 cm³/mol. The molecule has 0 bridgehead atoms. The van der Waals surface area contributed by atoms with Crippen molar-refractivity contribution in [2.45, 2.75) is 12.2 Å². The van der Waals surface area contributed by atoms with Gasteiger partial charge in [-0.15, -0.1) is 0 Å². The minimum absolute atomic E-state index is 0.0609. The van der Waals surface area contributed by atoms with E-state index in [1.807, 2.05) is 0 Å². The lowest BCUT2D eigenvalue weighted by Crippen LogP contribution is -2.29. The van der Waals surface area contributed by atoms with E-state index in [2.05, 4.69) is 4.74 Å². The smallest absolute Gasteiger partial charge is 0.407 e. The standard InChI is InChI=1S/C9H7F6NO/c1-17-7-5(11)3(2-4(10)6(7)12)8(16)9(13,14)15/h2,8H,16H2,1H3/t8-/m1/s1. The summed E-state index contributed by atoms with van der Waals surface area (Å²) in [4.78, 5) is 0. The molecule has 0 unspecified atom stereocenters. The summed E-state index contributed by atoms with van der Waals surface area (Å²) in [5.41, 5.74) is 3.49. The van der Waals surface area contributed by atoms with E-state index in [1.165, 1.54) is 0 Å². The van der Waals surface area contributed by atoms with Crippen molar-refractivity contribution in [1.82, 2.24) is 0 Å². The van der Waals surface area contributed by atoms with Crippen molar-refractivity contribution in [3.05, 3.63) is 29.1 Å². The van der Waals surface area contributed by atoms with Gasteiger partial charge in [-0.05, 0) is 6.07 Å². The van der Waals surface area contributed by atoms with Gasteiger partial charge in [-0.2, -0.15) is 17.6 Å². The van der Waals surface area contributed by atoms with Crippen LogP contribution in [0.25, 0.3) is 0 Å². The third kappa shape index (κ3) is 2.46. The molecule has 0 heterocycles. The number of rotatable bonds is 2. The molecule has 17 heavy (non-hydrogen) atoms. The van der Waals surface area contributed by atoms with E-state index in [9.17, 15) is 26.3 Å². The summed E-state index contributed by atoms with van der Waals surface area (Å²) in [7, 11) is 0.795. The first-order valence-electron chi connectivity index (χ1n) is 4.23. The summed E-state index contributed by atoms with van der Waals surface area (Å²) in [6.45, 7) is 0. The number of hydrogen-bond donors (Lipinski definition) is 1. The van der Waals surface area contributed by atoms with Crippen molar-refractivity contribution in [2.75, 3.05) is 7.11 Å². The van der Waals surface area contributed by atoms with E-state index in [0.29, 0.717) is 0 Å². The van der Waals surface area contributed by atoms with Crippen molar-refractivity contribution < 1.29 is 31.1 Å². The number of hydrogen-bond acceptors (Lipinski definition) is 2. The van der Waals surface area contributed by atoms with Crippen molar-refractivity contribution in [2.24, 2.45) is 5.73 Å². The summed E-state index contributed by atoms with van der Waals surface area (Å²) in [6.07, 6.45) is -4.98. The number of nitrogens with two attached hydrogens (primary N) is 1. The third-order valence-corrected chi connectivity index (χ3v) is 2.04. The average Bonchev–Trinajstić information content (AvgIpc) is 2.22. The second-order valence-electron chi connectivity index (χ2n) is 3.13. The zero-order valence-electron chi connectivity index (χ0n) is 8.41. The van der Waals surface area contributed by atoms with Gasteiger partial charge in [0.2, 0.25) is 5.82 Å². The average molecular weight is 259 g/mol. The molecule has 0 aromatic heterocycles. The fourth-order valence-corrected chi connectivity index (χ4v) is 1.18. The molecule has 2 N–H and O–H groups in total. The predicted octanol–water partition coefficient (Wildman–Crippen LogP) is 2.67. The molecule has 0 aliphatic carbocycles. The van der Waals surface area contributed by atoms with Crippen LogP contribution in [-0.2, 0) is 0 Å². The zero-order valence-corrected chi connectivity index (χ0v) is 8.41. The normalized spacial score (nSPS) is 13.6. The fraction of sp³-hybridized carbons (Fsp3) is 0.333. The van der Waals surface area contributed by atoms with Crippen LogP contribution in [0, 0.1) is 17.5 Å². The Bertz CT molecular complexity index is 430. The first-order chi connectivity index (χ1) is 7.70. The van der Waals surface area contributed by atoms with Crippen molar-refractivity contribution in [3.8, 4) is 5.75 Å². The summed E-state index contributed by atoms with van der Waals surface area (Å²) in [5.74, 6) is -6.28. The van der Waals surface area contributed by atoms with Gasteiger partial charge in [-0.1, -0.05) is 0 Å². The molecule has 0 amide bonds. The highest BCUT2D eigenvalue weighted by atomic mass is 19.4. The Morgan fingerprint density at radius 1 is 1.18 bits per heavy atom. The van der Waals surface area contributed by atoms with Crippen molar-refractivity contribution >= 4 is 0 Å². The van der Waals surface area contributed by atoms with Crippen LogP contribution >= 0.6 is 0 Å². The molecule has 8 heteroatoms. The quantitative estimate of drug-likeness (QED) is 0.654. The van der Waals surface area contributed by atoms with Crippen LogP contribution in [0.5, 0.6) is 5.75 Å². The second-order valence-corrected chi connectivity index (χ2v) is 3.13. The first kappa shape index (κ1) is 13.6. The van der Waals surface area contributed by atoms with Crippen LogP contribution in [0.2, 0.25) is 0 Å². The van der Waals surface area contributed by atoms with Crippen molar-refractivity contribution in [1.29, 1.82) is 0 Å². The van der Waals surface area contributed by atoms with E-state index >= 15 is 0 Å². The van der Waals surface area contributed by atoms with Crippen LogP contribution in [0.15, 0.2) is 6.07 Å². The largest absolute Gasteiger partial charge is 0.491 e. The Morgan fingerprint density at radius 2 is 1.71 bits per heavy atom. The number of benzene rings is 1. The highest BCUT2D eigenvalue weighted by molar-refractivity contribution is 5.36. The maximum Gasteiger partial charge on any atom is 0.407 e. The highest BCUT2D eigenvalue weighted by Gasteiger charge is 2.41. The van der Waals surface area contributed by atoms with E-state index in [0.717, 1.165) is 7.11 Å². The molecule has 0 fully saturated rings. The van der Waals surface area contributed by atoms with Gasteiger partial charge in [0.05, 0.1) is 7.11 Å². The maximum absolute atomic E-state index is 13.4. The van der Waals surface area contributed by atoms with Gasteiger partial charge in [0.25, 0.3) is 0 Å². The molecule has 1 atom stereocenters. The van der Waals surface area contributed by atoms with Gasteiger partial charge < -0.3 is 10.5 Å². The van der Waals surface area contributed by atoms with Crippen LogP contribution in [0.3, 0.4) is 0 Å². The molecular weight excluding hydrogens is 252 g/mol. The minimum Gasteiger partial charge on any atom is -0.491 e. The third-order valence-electron chi connectivity index (χ3n) is 2.04. The number of methoxy groups -OCH3 is 1. The lowest BCUT2D eigenvalue weighted by atomic mass is 10.1. The molecule has 0 radical (unpaired) electrons. The summed E-state index contributed by atoms with van der Waals surface area (Å²) in [5, 5.41) is 0. The Balaban J connectivity index is 3.41. The Kier molecular flexibility index (Phi) is 3.56. The second kappa shape index (κ2) is 4.44. The molecule has 1 aromatic carbocycles. The SMILES string of the molecule is COc1c(F)c(F)cc([C@@H](N)C(F)(F)F)c1F. The van der Waals surface area contributed by atoms with E-state index in [4.69, 9.17) is 5.73 Å². The Morgan fingerprint density at radius 3 is 2.12 bits per heavy atom.